The van der Waals surface area contributed by atoms with E-state index in [2.05, 4.69) is 32.9 Å². The van der Waals surface area contributed by atoms with Crippen molar-refractivity contribution < 1.29 is 9.53 Å². The Balaban J connectivity index is 0.00000729. The fourth-order valence-electron chi connectivity index (χ4n) is 2.51. The molecule has 0 spiro atoms. The number of likely N-dealkylation sites (N-methyl/N-ethyl adjacent to an activating group) is 1. The lowest BCUT2D eigenvalue weighted by atomic mass is 10.1. The lowest BCUT2D eigenvalue weighted by Crippen LogP contribution is -2.42. The smallest absolute Gasteiger partial charge is 0.251 e. The highest BCUT2D eigenvalue weighted by Gasteiger charge is 2.05. The number of halogens is 1. The van der Waals surface area contributed by atoms with E-state index in [9.17, 15) is 4.79 Å². The van der Waals surface area contributed by atoms with Crippen LogP contribution in [-0.2, 0) is 4.74 Å². The summed E-state index contributed by atoms with van der Waals surface area (Å²) in [6.45, 7) is 9.36. The van der Waals surface area contributed by atoms with Gasteiger partial charge in [-0.15, -0.1) is 24.0 Å². The van der Waals surface area contributed by atoms with Crippen molar-refractivity contribution in [2.75, 3.05) is 60.0 Å². The first kappa shape index (κ1) is 26.6. The molecule has 1 aromatic rings. The van der Waals surface area contributed by atoms with Gasteiger partial charge in [0.25, 0.3) is 5.91 Å². The maximum Gasteiger partial charge on any atom is 0.251 e. The third-order valence-electron chi connectivity index (χ3n) is 3.97. The van der Waals surface area contributed by atoms with Crippen LogP contribution >= 0.6 is 24.0 Å². The molecular weight excluding hydrogens is 469 g/mol. The van der Waals surface area contributed by atoms with Crippen LogP contribution in [0.15, 0.2) is 29.3 Å². The number of rotatable bonds is 12. The molecule has 1 aromatic carbocycles. The largest absolute Gasteiger partial charge is 0.385 e. The summed E-state index contributed by atoms with van der Waals surface area (Å²) in [5, 5.41) is 9.40. The minimum atomic E-state index is -0.0554. The van der Waals surface area contributed by atoms with E-state index in [-0.39, 0.29) is 29.9 Å². The number of amides is 1. The van der Waals surface area contributed by atoms with Crippen molar-refractivity contribution in [3.05, 3.63) is 35.4 Å². The Morgan fingerprint density at radius 2 is 1.93 bits per heavy atom. The van der Waals surface area contributed by atoms with E-state index in [1.54, 1.807) is 7.11 Å². The summed E-state index contributed by atoms with van der Waals surface area (Å²) in [4.78, 5) is 18.9. The number of hydrogen-bond acceptors (Lipinski definition) is 4. The number of carbonyl (C=O) groups is 1. The van der Waals surface area contributed by atoms with E-state index in [1.165, 1.54) is 0 Å². The third-order valence-corrected chi connectivity index (χ3v) is 3.97. The molecule has 0 aliphatic carbocycles. The number of carbonyl (C=O) groups excluding carboxylic acids is 1. The number of benzene rings is 1. The maximum atomic E-state index is 12.1. The first-order valence-corrected chi connectivity index (χ1v) is 9.61. The number of nitrogens with zero attached hydrogens (tertiary/aromatic N) is 2. The standard InChI is InChI=1S/C20H35N5O2.HI/c1-5-21-20(24-12-14-25(3)13-7-15-27-4)23-11-10-22-19(26)18-9-6-8-17(2)16-18;/h6,8-9,16H,5,7,10-15H2,1-4H3,(H,22,26)(H2,21,23,24);1H. The summed E-state index contributed by atoms with van der Waals surface area (Å²) in [7, 11) is 3.81. The molecule has 160 valence electrons. The van der Waals surface area contributed by atoms with E-state index in [4.69, 9.17) is 4.74 Å². The molecule has 0 heterocycles. The van der Waals surface area contributed by atoms with Crippen LogP contribution in [-0.4, -0.2) is 76.8 Å². The predicted molar refractivity (Wildman–Crippen MR) is 127 cm³/mol. The Hall–Kier alpha value is -1.39. The molecule has 0 aromatic heterocycles. The van der Waals surface area contributed by atoms with Crippen molar-refractivity contribution in [2.24, 2.45) is 4.99 Å². The second-order valence-electron chi connectivity index (χ2n) is 6.46. The van der Waals surface area contributed by atoms with Crippen molar-refractivity contribution in [1.29, 1.82) is 0 Å². The molecule has 3 N–H and O–H groups in total. The minimum Gasteiger partial charge on any atom is -0.385 e. The fraction of sp³-hybridized carbons (Fsp3) is 0.600. The van der Waals surface area contributed by atoms with Gasteiger partial charge in [0, 0.05) is 52.0 Å². The van der Waals surface area contributed by atoms with Gasteiger partial charge in [-0.3, -0.25) is 9.79 Å². The van der Waals surface area contributed by atoms with Crippen LogP contribution in [0.3, 0.4) is 0 Å². The van der Waals surface area contributed by atoms with Crippen molar-refractivity contribution in [1.82, 2.24) is 20.9 Å². The lowest BCUT2D eigenvalue weighted by molar-refractivity contribution is 0.0954. The molecule has 0 saturated heterocycles. The van der Waals surface area contributed by atoms with E-state index in [0.29, 0.717) is 25.2 Å². The quantitative estimate of drug-likeness (QED) is 0.175. The SMILES string of the molecule is CCNC(=NCCN(C)CCCOC)NCCNC(=O)c1cccc(C)c1.I. The van der Waals surface area contributed by atoms with Crippen molar-refractivity contribution in [2.45, 2.75) is 20.3 Å². The van der Waals surface area contributed by atoms with Crippen LogP contribution in [0.2, 0.25) is 0 Å². The van der Waals surface area contributed by atoms with Crippen molar-refractivity contribution in [3.63, 3.8) is 0 Å². The Labute approximate surface area is 186 Å². The van der Waals surface area contributed by atoms with Crippen LogP contribution < -0.4 is 16.0 Å². The molecule has 1 amide bonds. The highest BCUT2D eigenvalue weighted by atomic mass is 127. The number of nitrogens with one attached hydrogen (secondary N) is 3. The molecule has 7 nitrogen and oxygen atoms in total. The molecule has 8 heteroatoms. The number of ether oxygens (including phenoxy) is 1. The van der Waals surface area contributed by atoms with Gasteiger partial charge in [0.1, 0.15) is 0 Å². The van der Waals surface area contributed by atoms with Gasteiger partial charge in [-0.2, -0.15) is 0 Å². The molecule has 0 unspecified atom stereocenters. The van der Waals surface area contributed by atoms with Crippen LogP contribution in [0, 0.1) is 6.92 Å². The van der Waals surface area contributed by atoms with Gasteiger partial charge >= 0.3 is 0 Å². The third kappa shape index (κ3) is 12.1. The number of hydrogen-bond donors (Lipinski definition) is 3. The zero-order valence-electron chi connectivity index (χ0n) is 17.6. The molecule has 0 atom stereocenters. The maximum absolute atomic E-state index is 12.1. The van der Waals surface area contributed by atoms with Gasteiger partial charge in [0.15, 0.2) is 5.96 Å². The number of guanidine groups is 1. The van der Waals surface area contributed by atoms with E-state index < -0.39 is 0 Å². The first-order chi connectivity index (χ1) is 13.1. The van der Waals surface area contributed by atoms with Crippen molar-refractivity contribution in [3.8, 4) is 0 Å². The Morgan fingerprint density at radius 1 is 1.18 bits per heavy atom. The lowest BCUT2D eigenvalue weighted by Gasteiger charge is -2.16. The summed E-state index contributed by atoms with van der Waals surface area (Å²) in [6.07, 6.45) is 1.02. The van der Waals surface area contributed by atoms with Crippen LogP contribution in [0.1, 0.15) is 29.3 Å². The summed E-state index contributed by atoms with van der Waals surface area (Å²) < 4.78 is 5.07. The average molecular weight is 505 g/mol. The minimum absolute atomic E-state index is 0. The zero-order chi connectivity index (χ0) is 19.9. The molecule has 0 aliphatic heterocycles. The average Bonchev–Trinajstić information content (AvgIpc) is 2.65. The highest BCUT2D eigenvalue weighted by molar-refractivity contribution is 14.0. The first-order valence-electron chi connectivity index (χ1n) is 9.61. The van der Waals surface area contributed by atoms with Crippen molar-refractivity contribution >= 4 is 35.8 Å². The zero-order valence-corrected chi connectivity index (χ0v) is 19.9. The van der Waals surface area contributed by atoms with Gasteiger partial charge < -0.3 is 25.6 Å². The van der Waals surface area contributed by atoms with E-state index in [1.807, 2.05) is 38.1 Å². The summed E-state index contributed by atoms with van der Waals surface area (Å²) in [5.41, 5.74) is 1.77. The fourth-order valence-corrected chi connectivity index (χ4v) is 2.51. The number of aliphatic imine (C=N–C) groups is 1. The monoisotopic (exact) mass is 505 g/mol. The molecule has 0 aliphatic rings. The molecule has 0 fully saturated rings. The predicted octanol–water partition coefficient (Wildman–Crippen LogP) is 1.87. The summed E-state index contributed by atoms with van der Waals surface area (Å²) in [5.74, 6) is 0.715. The molecular formula is C20H36IN5O2. The molecule has 0 saturated carbocycles. The molecule has 1 rings (SSSR count). The van der Waals surface area contributed by atoms with Gasteiger partial charge in [-0.05, 0) is 39.4 Å². The van der Waals surface area contributed by atoms with Gasteiger partial charge in [-0.25, -0.2) is 0 Å². The number of aryl methyl sites for hydroxylation is 1. The van der Waals surface area contributed by atoms with Gasteiger partial charge in [0.2, 0.25) is 0 Å². The summed E-state index contributed by atoms with van der Waals surface area (Å²) >= 11 is 0. The molecule has 0 bridgehead atoms. The van der Waals surface area contributed by atoms with E-state index >= 15 is 0 Å². The Morgan fingerprint density at radius 3 is 2.61 bits per heavy atom. The van der Waals surface area contributed by atoms with Gasteiger partial charge in [0.05, 0.1) is 6.54 Å². The van der Waals surface area contributed by atoms with Crippen LogP contribution in [0.5, 0.6) is 0 Å². The van der Waals surface area contributed by atoms with Gasteiger partial charge in [-0.1, -0.05) is 17.7 Å². The second kappa shape index (κ2) is 16.6. The Bertz CT molecular complexity index is 583. The summed E-state index contributed by atoms with van der Waals surface area (Å²) in [6, 6.07) is 7.58. The van der Waals surface area contributed by atoms with E-state index in [0.717, 1.165) is 44.2 Å². The molecule has 0 radical (unpaired) electrons. The molecule has 28 heavy (non-hydrogen) atoms. The normalized spacial score (nSPS) is 11.1. The Kier molecular flexibility index (Phi) is 15.7. The highest BCUT2D eigenvalue weighted by Crippen LogP contribution is 2.03. The van der Waals surface area contributed by atoms with Crippen LogP contribution in [0.25, 0.3) is 0 Å². The topological polar surface area (TPSA) is 78.0 Å². The number of methoxy groups -OCH3 is 1. The van der Waals surface area contributed by atoms with Crippen LogP contribution in [0.4, 0.5) is 0 Å². The second-order valence-corrected chi connectivity index (χ2v) is 6.46.